The van der Waals surface area contributed by atoms with Crippen molar-refractivity contribution in [1.82, 2.24) is 9.13 Å². The molecule has 2 aromatic heterocycles. The Hall–Kier alpha value is -4.39. The van der Waals surface area contributed by atoms with Crippen molar-refractivity contribution in [1.29, 1.82) is 0 Å². The first-order chi connectivity index (χ1) is 22.9. The highest BCUT2D eigenvalue weighted by atomic mass is 35.5. The Bertz CT molecular complexity index is 2330. The molecule has 2 N–H and O–H groups in total. The number of halogens is 5. The number of esters is 2. The van der Waals surface area contributed by atoms with Crippen LogP contribution in [0.15, 0.2) is 58.4 Å². The molecule has 4 aromatic rings. The lowest BCUT2D eigenvalue weighted by molar-refractivity contribution is 0.0395. The predicted octanol–water partition coefficient (Wildman–Crippen LogP) is 5.97. The maximum atomic E-state index is 15.9. The van der Waals surface area contributed by atoms with Crippen LogP contribution in [-0.2, 0) is 4.74 Å². The third-order valence-corrected chi connectivity index (χ3v) is 10.3. The van der Waals surface area contributed by atoms with Crippen molar-refractivity contribution < 1.29 is 27.5 Å². The van der Waals surface area contributed by atoms with Gasteiger partial charge in [0.1, 0.15) is 22.0 Å². The first kappa shape index (κ1) is 30.9. The summed E-state index contributed by atoms with van der Waals surface area (Å²) in [5.74, 6) is -6.39. The van der Waals surface area contributed by atoms with E-state index in [-0.39, 0.29) is 57.1 Å². The zero-order valence-corrected chi connectivity index (χ0v) is 26.5. The van der Waals surface area contributed by atoms with E-state index < -0.39 is 61.9 Å². The minimum atomic E-state index is -1.41. The van der Waals surface area contributed by atoms with Gasteiger partial charge in [0.05, 0.1) is 38.1 Å². The normalized spacial score (nSPS) is 21.7. The van der Waals surface area contributed by atoms with Crippen molar-refractivity contribution in [2.45, 2.75) is 43.3 Å². The second-order valence-corrected chi connectivity index (χ2v) is 13.6. The smallest absolute Gasteiger partial charge is 0.351 e. The van der Waals surface area contributed by atoms with E-state index >= 15 is 4.39 Å². The lowest BCUT2D eigenvalue weighted by Crippen LogP contribution is -2.46. The Morgan fingerprint density at radius 3 is 1.92 bits per heavy atom. The molecular weight excluding hydrogens is 672 g/mol. The molecule has 0 spiro atoms. The molecule has 2 unspecified atom stereocenters. The lowest BCUT2D eigenvalue weighted by Gasteiger charge is -2.27. The van der Waals surface area contributed by atoms with E-state index in [0.717, 1.165) is 12.3 Å². The van der Waals surface area contributed by atoms with Crippen molar-refractivity contribution in [3.05, 3.63) is 108 Å². The topological polar surface area (TPSA) is 117 Å². The van der Waals surface area contributed by atoms with E-state index in [1.54, 1.807) is 9.47 Å². The first-order valence-corrected chi connectivity index (χ1v) is 16.1. The molecule has 2 saturated carbocycles. The van der Waals surface area contributed by atoms with Crippen LogP contribution in [0.5, 0.6) is 0 Å². The second-order valence-electron chi connectivity index (χ2n) is 12.8. The van der Waals surface area contributed by atoms with Crippen molar-refractivity contribution in [2.24, 2.45) is 11.7 Å². The summed E-state index contributed by atoms with van der Waals surface area (Å²) in [6, 6.07) is 1.24. The average Bonchev–Trinajstić information content (AvgIpc) is 3.97. The zero-order valence-electron chi connectivity index (χ0n) is 24.9. The highest BCUT2D eigenvalue weighted by Gasteiger charge is 2.43. The van der Waals surface area contributed by atoms with Crippen molar-refractivity contribution in [3.8, 4) is 0 Å². The third kappa shape index (κ3) is 4.72. The van der Waals surface area contributed by atoms with Crippen LogP contribution < -0.4 is 21.5 Å². The minimum absolute atomic E-state index is 0.0145. The molecule has 9 nitrogen and oxygen atoms in total. The van der Waals surface area contributed by atoms with Gasteiger partial charge in [-0.2, -0.15) is 0 Å². The Morgan fingerprint density at radius 2 is 1.38 bits per heavy atom. The zero-order chi connectivity index (χ0) is 33.8. The summed E-state index contributed by atoms with van der Waals surface area (Å²) in [4.78, 5) is 55.5. The van der Waals surface area contributed by atoms with Crippen LogP contribution in [-0.4, -0.2) is 39.7 Å². The van der Waals surface area contributed by atoms with Gasteiger partial charge in [-0.25, -0.2) is 22.8 Å². The van der Waals surface area contributed by atoms with Crippen LogP contribution in [0.3, 0.4) is 0 Å². The fourth-order valence-corrected chi connectivity index (χ4v) is 7.54. The largest absolute Gasteiger partial charge is 0.385 e. The Labute approximate surface area is 279 Å². The number of aromatic nitrogens is 2. The molecule has 3 heterocycles. The molecule has 3 aliphatic carbocycles. The number of nitrogens with two attached hydrogens (primary N) is 1. The van der Waals surface area contributed by atoms with Crippen LogP contribution in [0.1, 0.15) is 58.5 Å². The number of fused-ring (bicyclic) bond motifs is 3. The molecule has 48 heavy (non-hydrogen) atoms. The van der Waals surface area contributed by atoms with Crippen LogP contribution in [0, 0.1) is 23.4 Å². The number of rotatable bonds is 5. The van der Waals surface area contributed by atoms with Crippen LogP contribution in [0.4, 0.5) is 18.9 Å². The maximum Gasteiger partial charge on any atom is 0.351 e. The summed E-state index contributed by atoms with van der Waals surface area (Å²) >= 11 is 12.9. The van der Waals surface area contributed by atoms with Gasteiger partial charge >= 0.3 is 11.9 Å². The quantitative estimate of drug-likeness (QED) is 0.155. The van der Waals surface area contributed by atoms with E-state index in [4.69, 9.17) is 33.7 Å². The van der Waals surface area contributed by atoms with Gasteiger partial charge in [-0.05, 0) is 37.8 Å². The molecule has 14 heteroatoms. The van der Waals surface area contributed by atoms with Gasteiger partial charge in [0.2, 0.25) is 10.9 Å². The summed E-state index contributed by atoms with van der Waals surface area (Å²) in [7, 11) is 0. The van der Waals surface area contributed by atoms with Crippen LogP contribution in [0.25, 0.3) is 21.8 Å². The minimum Gasteiger partial charge on any atom is -0.385 e. The summed E-state index contributed by atoms with van der Waals surface area (Å²) in [5, 5.41) is -1.20. The van der Waals surface area contributed by atoms with E-state index in [9.17, 15) is 28.0 Å². The number of ether oxygens (including phenoxy) is 1. The first-order valence-electron chi connectivity index (χ1n) is 15.3. The molecule has 8 rings (SSSR count). The third-order valence-electron chi connectivity index (χ3n) is 9.59. The van der Waals surface area contributed by atoms with Crippen LogP contribution >= 0.6 is 23.2 Å². The maximum absolute atomic E-state index is 15.9. The lowest BCUT2D eigenvalue weighted by atomic mass is 9.85. The average molecular weight is 697 g/mol. The molecule has 1 aliphatic heterocycles. The molecule has 1 saturated heterocycles. The van der Waals surface area contributed by atoms with Crippen molar-refractivity contribution in [3.63, 3.8) is 0 Å². The molecule has 2 atom stereocenters. The molecule has 0 amide bonds. The number of hydrogen-bond acceptors (Lipinski definition) is 7. The SMILES string of the molecule is NC12C=CC=CC1CN(c1c(F)cc3c(=O)c(C(=O)OC(=O)c4cn(C5CC5)c5c(Cl)c(F)c(F)cc5c4=O)cn(C4CC4)c3c1Cl)C2. The summed E-state index contributed by atoms with van der Waals surface area (Å²) in [5.41, 5.74) is 2.91. The van der Waals surface area contributed by atoms with E-state index in [0.29, 0.717) is 38.3 Å². The van der Waals surface area contributed by atoms with Gasteiger partial charge in [0, 0.05) is 43.5 Å². The Kier molecular flexibility index (Phi) is 6.96. The predicted molar refractivity (Wildman–Crippen MR) is 173 cm³/mol. The highest BCUT2D eigenvalue weighted by Crippen LogP contribution is 2.45. The second kappa shape index (κ2) is 10.8. The summed E-state index contributed by atoms with van der Waals surface area (Å²) < 4.78 is 52.5. The van der Waals surface area contributed by atoms with E-state index in [1.165, 1.54) is 10.8 Å². The van der Waals surface area contributed by atoms with E-state index in [1.807, 2.05) is 24.3 Å². The number of carbonyl (C=O) groups is 2. The summed E-state index contributed by atoms with van der Waals surface area (Å²) in [6.45, 7) is 0.677. The number of anilines is 1. The van der Waals surface area contributed by atoms with Crippen LogP contribution in [0.2, 0.25) is 10.0 Å². The Balaban J connectivity index is 1.19. The molecule has 0 radical (unpaired) electrons. The molecular formula is C34H25Cl2F3N4O5. The van der Waals surface area contributed by atoms with Crippen molar-refractivity contribution in [2.75, 3.05) is 18.0 Å². The fraction of sp³-hybridized carbons (Fsp3) is 0.294. The van der Waals surface area contributed by atoms with E-state index in [2.05, 4.69) is 0 Å². The number of benzene rings is 2. The molecule has 2 aromatic carbocycles. The number of nitrogens with zero attached hydrogens (tertiary/aromatic N) is 3. The number of pyridine rings is 2. The number of carbonyl (C=O) groups excluding carboxylic acids is 2. The molecule has 0 bridgehead atoms. The van der Waals surface area contributed by atoms with Gasteiger partial charge < -0.3 is 24.5 Å². The summed E-state index contributed by atoms with van der Waals surface area (Å²) in [6.07, 6.45) is 12.5. The highest BCUT2D eigenvalue weighted by molar-refractivity contribution is 6.38. The molecule has 3 fully saturated rings. The van der Waals surface area contributed by atoms with Gasteiger partial charge in [0.25, 0.3) is 0 Å². The monoisotopic (exact) mass is 696 g/mol. The van der Waals surface area contributed by atoms with Gasteiger partial charge in [-0.3, -0.25) is 9.59 Å². The molecule has 246 valence electrons. The Morgan fingerprint density at radius 1 is 0.833 bits per heavy atom. The standard InChI is InChI=1S/C34H25Cl2F3N4O5/c35-24-26(39)22(37)9-18-27(24)42(16-4-5-16)12-20(30(18)44)32(46)48-33(47)21-13-43(17-6-7-17)28-19(31(21)45)10-23(38)29(25(28)36)41-11-15-3-1-2-8-34(15,40)14-41/h1-3,8-10,12-13,15-17H,4-7,11,14,40H2. The molecule has 4 aliphatic rings. The number of hydrogen-bond donors (Lipinski definition) is 1. The van der Waals surface area contributed by atoms with Gasteiger partial charge in [0.15, 0.2) is 11.6 Å². The fourth-order valence-electron chi connectivity index (χ4n) is 6.85. The number of allylic oxidation sites excluding steroid dienone is 2. The van der Waals surface area contributed by atoms with Gasteiger partial charge in [-0.1, -0.05) is 47.5 Å². The van der Waals surface area contributed by atoms with Gasteiger partial charge in [-0.15, -0.1) is 0 Å². The van der Waals surface area contributed by atoms with Crippen molar-refractivity contribution >= 4 is 62.6 Å².